The Bertz CT molecular complexity index is 1490. The van der Waals surface area contributed by atoms with Crippen LogP contribution in [-0.2, 0) is 13.6 Å². The normalized spacial score (nSPS) is 11.1. The highest BCUT2D eigenvalue weighted by Gasteiger charge is 2.16. The zero-order valence-electron chi connectivity index (χ0n) is 17.2. The monoisotopic (exact) mass is 405 g/mol. The summed E-state index contributed by atoms with van der Waals surface area (Å²) in [4.78, 5) is 25.8. The van der Waals surface area contributed by atoms with Crippen LogP contribution in [-0.4, -0.2) is 10.4 Å². The molecule has 4 nitrogen and oxygen atoms in total. The number of fused-ring (bicyclic) bond motifs is 2. The van der Waals surface area contributed by atoms with Gasteiger partial charge in [-0.25, -0.2) is 0 Å². The predicted molar refractivity (Wildman–Crippen MR) is 123 cm³/mol. The Morgan fingerprint density at radius 1 is 0.839 bits per heavy atom. The highest BCUT2D eigenvalue weighted by atomic mass is 16.1. The van der Waals surface area contributed by atoms with E-state index >= 15 is 0 Å². The van der Waals surface area contributed by atoms with Crippen LogP contribution in [0.15, 0.2) is 102 Å². The van der Waals surface area contributed by atoms with Crippen molar-refractivity contribution in [2.45, 2.75) is 6.54 Å². The van der Waals surface area contributed by atoms with E-state index < -0.39 is 0 Å². The minimum Gasteiger partial charge on any atom is -0.311 e. The van der Waals surface area contributed by atoms with E-state index in [-0.39, 0.29) is 17.9 Å². The molecule has 0 N–H and O–H groups in total. The van der Waals surface area contributed by atoms with Gasteiger partial charge in [0.25, 0.3) is 5.56 Å². The topological polar surface area (TPSA) is 43.0 Å². The first kappa shape index (κ1) is 18.9. The smallest absolute Gasteiger partial charge is 0.258 e. The van der Waals surface area contributed by atoms with E-state index in [0.29, 0.717) is 11.1 Å². The summed E-state index contributed by atoms with van der Waals surface area (Å²) in [7, 11) is 1.79. The van der Waals surface area contributed by atoms with Crippen molar-refractivity contribution >= 4 is 27.6 Å². The number of para-hydroxylation sites is 2. The highest BCUT2D eigenvalue weighted by molar-refractivity contribution is 5.96. The number of aromatic nitrogens is 2. The van der Waals surface area contributed by atoms with E-state index in [1.54, 1.807) is 23.7 Å². The van der Waals surface area contributed by atoms with Gasteiger partial charge in [0.15, 0.2) is 6.20 Å². The molecule has 3 aromatic carbocycles. The summed E-state index contributed by atoms with van der Waals surface area (Å²) in [6, 6.07) is 29.1. The number of ketones is 1. The van der Waals surface area contributed by atoms with E-state index in [2.05, 4.69) is 0 Å². The number of carbonyl (C=O) groups is 1. The number of benzene rings is 3. The molecule has 0 saturated carbocycles. The number of hydrogen-bond acceptors (Lipinski definition) is 2. The molecule has 0 radical (unpaired) electrons. The number of carbonyl (C=O) groups excluding carboxylic acids is 1. The molecule has 0 atom stereocenters. The Labute approximate surface area is 179 Å². The average molecular weight is 405 g/mol. The van der Waals surface area contributed by atoms with Crippen LogP contribution in [0.5, 0.6) is 0 Å². The van der Waals surface area contributed by atoms with Gasteiger partial charge in [0.1, 0.15) is 0 Å². The van der Waals surface area contributed by atoms with E-state index in [1.165, 1.54) is 0 Å². The van der Waals surface area contributed by atoms with Crippen LogP contribution in [0.2, 0.25) is 0 Å². The Morgan fingerprint density at radius 2 is 1.52 bits per heavy atom. The number of Topliss-reactive ketones (excluding diaryl/α,β-unsaturated/α-hetero) is 1. The molecule has 0 spiro atoms. The Morgan fingerprint density at radius 3 is 2.32 bits per heavy atom. The quantitative estimate of drug-likeness (QED) is 0.326. The van der Waals surface area contributed by atoms with Gasteiger partial charge >= 0.3 is 0 Å². The van der Waals surface area contributed by atoms with Gasteiger partial charge in [0.2, 0.25) is 17.8 Å². The number of pyridine rings is 2. The number of nitrogens with zero attached hydrogens (tertiary/aromatic N) is 2. The van der Waals surface area contributed by atoms with Crippen molar-refractivity contribution in [3.63, 3.8) is 0 Å². The Hall–Kier alpha value is -4.05. The van der Waals surface area contributed by atoms with Crippen molar-refractivity contribution in [2.24, 2.45) is 7.05 Å². The van der Waals surface area contributed by atoms with Gasteiger partial charge in [-0.3, -0.25) is 9.59 Å². The van der Waals surface area contributed by atoms with Crippen molar-refractivity contribution in [1.29, 1.82) is 0 Å². The maximum atomic E-state index is 12.9. The van der Waals surface area contributed by atoms with Gasteiger partial charge in [0, 0.05) is 35.7 Å². The van der Waals surface area contributed by atoms with Crippen molar-refractivity contribution in [1.82, 2.24) is 4.57 Å². The van der Waals surface area contributed by atoms with Gasteiger partial charge in [-0.1, -0.05) is 54.6 Å². The SMILES string of the molecule is Cn1c(=O)c(-c2ccc(C(=O)C[n+]3cccc4ccccc43)cc2)cc2ccccc21. The molecular weight excluding hydrogens is 384 g/mol. The maximum Gasteiger partial charge on any atom is 0.258 e. The molecule has 0 fully saturated rings. The molecule has 0 amide bonds. The zero-order valence-corrected chi connectivity index (χ0v) is 17.2. The lowest BCUT2D eigenvalue weighted by Gasteiger charge is -2.09. The molecule has 5 aromatic rings. The number of hydrogen-bond donors (Lipinski definition) is 0. The van der Waals surface area contributed by atoms with Gasteiger partial charge in [0.05, 0.1) is 5.52 Å². The molecule has 0 aliphatic heterocycles. The first-order chi connectivity index (χ1) is 15.1. The van der Waals surface area contributed by atoms with Crippen molar-refractivity contribution < 1.29 is 9.36 Å². The van der Waals surface area contributed by atoms with Crippen molar-refractivity contribution in [2.75, 3.05) is 0 Å². The van der Waals surface area contributed by atoms with E-state index in [4.69, 9.17) is 0 Å². The summed E-state index contributed by atoms with van der Waals surface area (Å²) in [6.07, 6.45) is 1.92. The summed E-state index contributed by atoms with van der Waals surface area (Å²) in [5.74, 6) is 0.0271. The third kappa shape index (κ3) is 3.42. The average Bonchev–Trinajstić information content (AvgIpc) is 2.82. The summed E-state index contributed by atoms with van der Waals surface area (Å²) in [6.45, 7) is 0.262. The van der Waals surface area contributed by atoms with Crippen LogP contribution in [0.25, 0.3) is 32.9 Å². The first-order valence-corrected chi connectivity index (χ1v) is 10.2. The summed E-state index contributed by atoms with van der Waals surface area (Å²) in [5, 5.41) is 2.10. The van der Waals surface area contributed by atoms with Crippen molar-refractivity contribution in [3.05, 3.63) is 113 Å². The molecule has 0 bridgehead atoms. The second-order valence-corrected chi connectivity index (χ2v) is 7.68. The van der Waals surface area contributed by atoms with E-state index in [0.717, 1.165) is 27.4 Å². The molecule has 4 heteroatoms. The van der Waals surface area contributed by atoms with Crippen LogP contribution in [0.1, 0.15) is 10.4 Å². The van der Waals surface area contributed by atoms with Gasteiger partial charge < -0.3 is 4.57 Å². The molecule has 0 aliphatic rings. The number of rotatable bonds is 4. The minimum atomic E-state index is -0.0518. The molecule has 5 rings (SSSR count). The molecule has 0 unspecified atom stereocenters. The van der Waals surface area contributed by atoms with Crippen LogP contribution >= 0.6 is 0 Å². The second kappa shape index (κ2) is 7.65. The lowest BCUT2D eigenvalue weighted by molar-refractivity contribution is -0.657. The second-order valence-electron chi connectivity index (χ2n) is 7.68. The predicted octanol–water partition coefficient (Wildman–Crippen LogP) is 4.53. The molecule has 0 aliphatic carbocycles. The van der Waals surface area contributed by atoms with Crippen LogP contribution in [0.4, 0.5) is 0 Å². The van der Waals surface area contributed by atoms with E-state index in [9.17, 15) is 9.59 Å². The molecular formula is C27H21N2O2+. The molecule has 2 aromatic heterocycles. The van der Waals surface area contributed by atoms with Crippen LogP contribution in [0, 0.1) is 0 Å². The molecule has 0 saturated heterocycles. The van der Waals surface area contributed by atoms with Gasteiger partial charge in [-0.05, 0) is 35.2 Å². The van der Waals surface area contributed by atoms with Crippen molar-refractivity contribution in [3.8, 4) is 11.1 Å². The molecule has 2 heterocycles. The zero-order chi connectivity index (χ0) is 21.4. The lowest BCUT2D eigenvalue weighted by atomic mass is 10.0. The largest absolute Gasteiger partial charge is 0.311 e. The summed E-state index contributed by atoms with van der Waals surface area (Å²) < 4.78 is 3.63. The van der Waals surface area contributed by atoms with Crippen LogP contribution < -0.4 is 10.1 Å². The van der Waals surface area contributed by atoms with Gasteiger partial charge in [-0.15, -0.1) is 0 Å². The third-order valence-electron chi connectivity index (χ3n) is 5.75. The molecule has 31 heavy (non-hydrogen) atoms. The summed E-state index contributed by atoms with van der Waals surface area (Å²) >= 11 is 0. The van der Waals surface area contributed by atoms with Crippen LogP contribution in [0.3, 0.4) is 0 Å². The first-order valence-electron chi connectivity index (χ1n) is 10.2. The highest BCUT2D eigenvalue weighted by Crippen LogP contribution is 2.21. The fourth-order valence-electron chi connectivity index (χ4n) is 4.07. The van der Waals surface area contributed by atoms with Gasteiger partial charge in [-0.2, -0.15) is 4.57 Å². The summed E-state index contributed by atoms with van der Waals surface area (Å²) in [5.41, 5.74) is 3.93. The van der Waals surface area contributed by atoms with E-state index in [1.807, 2.05) is 89.6 Å². The fraction of sp³-hybridized carbons (Fsp3) is 0.0741. The Balaban J connectivity index is 1.46. The standard InChI is InChI=1S/C27H21N2O2/c1-28-24-10-4-3-8-22(24)17-23(27(28)31)19-12-14-21(15-13-19)26(30)18-29-16-6-9-20-7-2-5-11-25(20)29/h2-17H,18H2,1H3/q+1. The fourth-order valence-corrected chi connectivity index (χ4v) is 4.07. The number of aryl methyl sites for hydroxylation is 1. The molecule has 150 valence electrons. The minimum absolute atomic E-state index is 0.0271. The Kier molecular flexibility index (Phi) is 4.68. The maximum absolute atomic E-state index is 12.9. The lowest BCUT2D eigenvalue weighted by Crippen LogP contribution is -2.38. The third-order valence-corrected chi connectivity index (χ3v) is 5.75.